The van der Waals surface area contributed by atoms with Crippen molar-refractivity contribution in [3.8, 4) is 5.75 Å². The van der Waals surface area contributed by atoms with Gasteiger partial charge in [-0.25, -0.2) is 8.42 Å². The zero-order chi connectivity index (χ0) is 32.9. The van der Waals surface area contributed by atoms with E-state index in [1.807, 2.05) is 75.4 Å². The number of anilines is 1. The van der Waals surface area contributed by atoms with Crippen LogP contribution in [0.3, 0.4) is 0 Å². The highest BCUT2D eigenvalue weighted by atomic mass is 32.2. The number of carbonyl (C=O) groups is 2. The topological polar surface area (TPSA) is 96.0 Å². The summed E-state index contributed by atoms with van der Waals surface area (Å²) in [4.78, 5) is 30.1. The second-order valence-corrected chi connectivity index (χ2v) is 12.9. The first-order chi connectivity index (χ1) is 22.3. The fourth-order valence-corrected chi connectivity index (χ4v) is 6.65. The molecule has 8 nitrogen and oxygen atoms in total. The van der Waals surface area contributed by atoms with Gasteiger partial charge in [-0.05, 0) is 61.2 Å². The number of sulfonamides is 1. The Hall–Kier alpha value is -4.63. The monoisotopic (exact) mass is 641 g/mol. The van der Waals surface area contributed by atoms with E-state index in [-0.39, 0.29) is 29.5 Å². The lowest BCUT2D eigenvalue weighted by Crippen LogP contribution is -2.53. The Morgan fingerprint density at radius 1 is 0.826 bits per heavy atom. The summed E-state index contributed by atoms with van der Waals surface area (Å²) in [5, 5.41) is 3.02. The summed E-state index contributed by atoms with van der Waals surface area (Å²) in [6.45, 7) is 6.17. The third-order valence-corrected chi connectivity index (χ3v) is 9.52. The number of rotatable bonds is 16. The summed E-state index contributed by atoms with van der Waals surface area (Å²) in [6.07, 6.45) is 1.96. The summed E-state index contributed by atoms with van der Waals surface area (Å²) in [7, 11) is -4.22. The van der Waals surface area contributed by atoms with Crippen LogP contribution in [0.4, 0.5) is 5.69 Å². The molecule has 1 N–H and O–H groups in total. The molecule has 46 heavy (non-hydrogen) atoms. The van der Waals surface area contributed by atoms with E-state index in [1.165, 1.54) is 17.0 Å². The van der Waals surface area contributed by atoms with Crippen molar-refractivity contribution < 1.29 is 22.7 Å². The van der Waals surface area contributed by atoms with Gasteiger partial charge < -0.3 is 15.0 Å². The smallest absolute Gasteiger partial charge is 0.264 e. The molecule has 0 fully saturated rings. The van der Waals surface area contributed by atoms with Gasteiger partial charge in [0.15, 0.2) is 0 Å². The lowest BCUT2D eigenvalue weighted by atomic mass is 10.0. The van der Waals surface area contributed by atoms with E-state index in [2.05, 4.69) is 5.32 Å². The third-order valence-electron chi connectivity index (χ3n) is 7.75. The van der Waals surface area contributed by atoms with Crippen LogP contribution in [-0.4, -0.2) is 50.9 Å². The van der Waals surface area contributed by atoms with Crippen LogP contribution in [0.1, 0.15) is 43.4 Å². The molecule has 0 aliphatic rings. The van der Waals surface area contributed by atoms with Crippen molar-refractivity contribution in [3.63, 3.8) is 0 Å². The summed E-state index contributed by atoms with van der Waals surface area (Å²) in [5.74, 6) is -0.465. The number of nitrogens with zero attached hydrogens (tertiary/aromatic N) is 2. The standard InChI is InChI=1S/C37H43N3O5S/c1-4-6-25-38-37(42)34(26-30-18-9-7-10-19-30)39(27-31-20-14-13-17-29(31)3)36(41)28-40(33-23-15-16-24-35(33)45-5-2)46(43,44)32-21-11-8-12-22-32/h7-24,34H,4-6,25-28H2,1-3H3,(H,38,42)/t34-/m1/s1. The summed E-state index contributed by atoms with van der Waals surface area (Å²) < 4.78 is 35.4. The molecule has 0 saturated carbocycles. The molecule has 4 aromatic carbocycles. The Bertz CT molecular complexity index is 1680. The zero-order valence-electron chi connectivity index (χ0n) is 26.8. The maximum atomic E-state index is 14.7. The molecule has 1 atom stereocenters. The molecule has 0 spiro atoms. The van der Waals surface area contributed by atoms with E-state index in [1.54, 1.807) is 42.5 Å². The van der Waals surface area contributed by atoms with Crippen molar-refractivity contribution in [3.05, 3.63) is 126 Å². The van der Waals surface area contributed by atoms with Gasteiger partial charge in [-0.2, -0.15) is 0 Å². The van der Waals surface area contributed by atoms with Gasteiger partial charge in [0.25, 0.3) is 10.0 Å². The van der Waals surface area contributed by atoms with Crippen LogP contribution in [-0.2, 0) is 32.6 Å². The Balaban J connectivity index is 1.82. The van der Waals surface area contributed by atoms with E-state index < -0.39 is 28.5 Å². The average molecular weight is 642 g/mol. The SMILES string of the molecule is CCCCNC(=O)[C@@H](Cc1ccccc1)N(Cc1ccccc1C)C(=O)CN(c1ccccc1OCC)S(=O)(=O)c1ccccc1. The fraction of sp³-hybridized carbons (Fsp3) is 0.297. The zero-order valence-corrected chi connectivity index (χ0v) is 27.6. The van der Waals surface area contributed by atoms with Crippen LogP contribution >= 0.6 is 0 Å². The maximum Gasteiger partial charge on any atom is 0.264 e. The van der Waals surface area contributed by atoms with Crippen LogP contribution < -0.4 is 14.4 Å². The van der Waals surface area contributed by atoms with Crippen LogP contribution in [0.2, 0.25) is 0 Å². The van der Waals surface area contributed by atoms with Gasteiger partial charge in [-0.15, -0.1) is 0 Å². The van der Waals surface area contributed by atoms with Gasteiger partial charge in [0, 0.05) is 19.5 Å². The molecule has 0 aromatic heterocycles. The highest BCUT2D eigenvalue weighted by Gasteiger charge is 2.35. The second kappa shape index (κ2) is 16.6. The number of nitrogens with one attached hydrogen (secondary N) is 1. The molecule has 0 unspecified atom stereocenters. The van der Waals surface area contributed by atoms with Gasteiger partial charge in [0.05, 0.1) is 17.2 Å². The van der Waals surface area contributed by atoms with Crippen molar-refractivity contribution in [2.75, 3.05) is 24.0 Å². The minimum absolute atomic E-state index is 0.0395. The lowest BCUT2D eigenvalue weighted by Gasteiger charge is -2.34. The number of ether oxygens (including phenoxy) is 1. The number of para-hydroxylation sites is 2. The van der Waals surface area contributed by atoms with E-state index in [9.17, 15) is 18.0 Å². The van der Waals surface area contributed by atoms with Crippen LogP contribution in [0.15, 0.2) is 114 Å². The number of aryl methyl sites for hydroxylation is 1. The van der Waals surface area contributed by atoms with Crippen LogP contribution in [0.5, 0.6) is 5.75 Å². The molecule has 0 saturated heterocycles. The predicted molar refractivity (Wildman–Crippen MR) is 182 cm³/mol. The molecule has 2 amide bonds. The highest BCUT2D eigenvalue weighted by Crippen LogP contribution is 2.33. The van der Waals surface area contributed by atoms with Crippen LogP contribution in [0.25, 0.3) is 0 Å². The molecule has 9 heteroatoms. The van der Waals surface area contributed by atoms with Gasteiger partial charge in [-0.1, -0.05) is 98.3 Å². The molecular weight excluding hydrogens is 598 g/mol. The molecule has 4 aromatic rings. The van der Waals surface area contributed by atoms with Crippen molar-refractivity contribution in [2.45, 2.75) is 57.5 Å². The Labute approximate surface area is 273 Å². The first-order valence-corrected chi connectivity index (χ1v) is 17.2. The number of benzene rings is 4. The molecule has 242 valence electrons. The summed E-state index contributed by atoms with van der Waals surface area (Å²) in [5.41, 5.74) is 2.95. The number of amides is 2. The maximum absolute atomic E-state index is 14.7. The Kier molecular flexibility index (Phi) is 12.4. The molecule has 0 radical (unpaired) electrons. The van der Waals surface area contributed by atoms with E-state index in [0.717, 1.165) is 33.8 Å². The molecular formula is C37H43N3O5S. The molecule has 0 aliphatic heterocycles. The third kappa shape index (κ3) is 8.75. The number of hydrogen-bond acceptors (Lipinski definition) is 5. The van der Waals surface area contributed by atoms with Gasteiger partial charge in [-0.3, -0.25) is 13.9 Å². The average Bonchev–Trinajstić information content (AvgIpc) is 3.07. The van der Waals surface area contributed by atoms with E-state index in [0.29, 0.717) is 18.9 Å². The number of unbranched alkanes of at least 4 members (excludes halogenated alkanes) is 1. The van der Waals surface area contributed by atoms with Gasteiger partial charge in [0.2, 0.25) is 11.8 Å². The predicted octanol–water partition coefficient (Wildman–Crippen LogP) is 6.15. The Morgan fingerprint density at radius 3 is 2.13 bits per heavy atom. The van der Waals surface area contributed by atoms with E-state index >= 15 is 0 Å². The largest absolute Gasteiger partial charge is 0.492 e. The van der Waals surface area contributed by atoms with Crippen molar-refractivity contribution >= 4 is 27.5 Å². The second-order valence-electron chi connectivity index (χ2n) is 11.0. The summed E-state index contributed by atoms with van der Waals surface area (Å²) >= 11 is 0. The van der Waals surface area contributed by atoms with Crippen molar-refractivity contribution in [1.82, 2.24) is 10.2 Å². The first kappa shape index (κ1) is 34.2. The lowest BCUT2D eigenvalue weighted by molar-refractivity contribution is -0.140. The number of hydrogen-bond donors (Lipinski definition) is 1. The minimum atomic E-state index is -4.22. The van der Waals surface area contributed by atoms with Crippen molar-refractivity contribution in [1.29, 1.82) is 0 Å². The van der Waals surface area contributed by atoms with Gasteiger partial charge in [0.1, 0.15) is 18.3 Å². The summed E-state index contributed by atoms with van der Waals surface area (Å²) in [6, 6.07) is 31.1. The van der Waals surface area contributed by atoms with E-state index in [4.69, 9.17) is 4.74 Å². The molecule has 0 aliphatic carbocycles. The quantitative estimate of drug-likeness (QED) is 0.148. The molecule has 0 bridgehead atoms. The highest BCUT2D eigenvalue weighted by molar-refractivity contribution is 7.92. The molecule has 0 heterocycles. The fourth-order valence-electron chi connectivity index (χ4n) is 5.20. The molecule has 4 rings (SSSR count). The van der Waals surface area contributed by atoms with Gasteiger partial charge >= 0.3 is 0 Å². The normalized spacial score (nSPS) is 11.8. The minimum Gasteiger partial charge on any atom is -0.492 e. The van der Waals surface area contributed by atoms with Crippen LogP contribution in [0, 0.1) is 6.92 Å². The Morgan fingerprint density at radius 2 is 1.46 bits per heavy atom. The first-order valence-electron chi connectivity index (χ1n) is 15.7. The van der Waals surface area contributed by atoms with Crippen molar-refractivity contribution in [2.24, 2.45) is 0 Å². The number of carbonyl (C=O) groups excluding carboxylic acids is 2.